The van der Waals surface area contributed by atoms with Gasteiger partial charge in [0.2, 0.25) is 5.91 Å². The van der Waals surface area contributed by atoms with Crippen LogP contribution in [0.25, 0.3) is 16.6 Å². The van der Waals surface area contributed by atoms with Gasteiger partial charge in [-0.15, -0.1) is 0 Å². The highest BCUT2D eigenvalue weighted by molar-refractivity contribution is 6.09. The Kier molecular flexibility index (Phi) is 4.92. The van der Waals surface area contributed by atoms with Crippen molar-refractivity contribution in [2.24, 2.45) is 7.05 Å². The van der Waals surface area contributed by atoms with Crippen LogP contribution < -0.4 is 15.1 Å². The maximum absolute atomic E-state index is 12.5. The first-order chi connectivity index (χ1) is 15.5. The van der Waals surface area contributed by atoms with Crippen LogP contribution >= 0.6 is 0 Å². The van der Waals surface area contributed by atoms with Gasteiger partial charge >= 0.3 is 0 Å². The number of anilines is 3. The third kappa shape index (κ3) is 3.41. The molecule has 3 aromatic rings. The van der Waals surface area contributed by atoms with Crippen LogP contribution in [0.4, 0.5) is 17.2 Å². The van der Waals surface area contributed by atoms with E-state index < -0.39 is 0 Å². The molecule has 1 unspecified atom stereocenters. The predicted molar refractivity (Wildman–Crippen MR) is 127 cm³/mol. The molecule has 1 atom stereocenters. The predicted octanol–water partition coefficient (Wildman–Crippen LogP) is 3.60. The Bertz CT molecular complexity index is 1240. The molecule has 1 aromatic carbocycles. The number of aryl methyl sites for hydroxylation is 1. The first kappa shape index (κ1) is 20.2. The molecule has 1 saturated carbocycles. The van der Waals surface area contributed by atoms with Crippen molar-refractivity contribution in [2.75, 3.05) is 16.3 Å². The molecule has 1 aliphatic carbocycles. The topological polar surface area (TPSA) is 90.1 Å². The van der Waals surface area contributed by atoms with Crippen LogP contribution in [0.15, 0.2) is 42.7 Å². The van der Waals surface area contributed by atoms with Crippen molar-refractivity contribution in [3.8, 4) is 0 Å². The SMILES string of the molecule is CC(=O)N1c2ccc(/C(C=N)=C/NC3CC3)cc2N(c2nn(C)c3ncccc23)CC1C. The Labute approximate surface area is 187 Å². The number of amides is 1. The Balaban J connectivity index is 1.66. The van der Waals surface area contributed by atoms with Crippen LogP contribution in [-0.4, -0.2) is 45.5 Å². The molecule has 8 heteroatoms. The molecule has 3 heterocycles. The average molecular weight is 430 g/mol. The number of carbonyl (C=O) groups excluding carboxylic acids is 1. The Morgan fingerprint density at radius 2 is 2.06 bits per heavy atom. The molecule has 8 nitrogen and oxygen atoms in total. The molecule has 2 aromatic heterocycles. The number of hydrogen-bond donors (Lipinski definition) is 2. The van der Waals surface area contributed by atoms with Gasteiger partial charge in [0.1, 0.15) is 0 Å². The third-order valence-corrected chi connectivity index (χ3v) is 6.13. The molecule has 1 amide bonds. The largest absolute Gasteiger partial charge is 0.388 e. The number of carbonyl (C=O) groups is 1. The van der Waals surface area contributed by atoms with Crippen molar-refractivity contribution in [3.05, 3.63) is 48.3 Å². The quantitative estimate of drug-likeness (QED) is 0.605. The maximum atomic E-state index is 12.5. The van der Waals surface area contributed by atoms with Crippen molar-refractivity contribution in [2.45, 2.75) is 38.8 Å². The summed E-state index contributed by atoms with van der Waals surface area (Å²) in [6, 6.07) is 10.5. The number of nitrogens with zero attached hydrogens (tertiary/aromatic N) is 5. The number of nitrogens with one attached hydrogen (secondary N) is 2. The molecular weight excluding hydrogens is 402 g/mol. The van der Waals surface area contributed by atoms with Gasteiger partial charge in [0, 0.05) is 50.7 Å². The summed E-state index contributed by atoms with van der Waals surface area (Å²) in [5, 5.41) is 17.1. The molecule has 2 aliphatic rings. The summed E-state index contributed by atoms with van der Waals surface area (Å²) in [6.07, 6.45) is 7.41. The summed E-state index contributed by atoms with van der Waals surface area (Å²) in [4.78, 5) is 21.0. The molecular formula is C24H27N7O. The Hall–Kier alpha value is -3.68. The van der Waals surface area contributed by atoms with Crippen molar-refractivity contribution < 1.29 is 4.79 Å². The van der Waals surface area contributed by atoms with Gasteiger partial charge in [-0.05, 0) is 49.6 Å². The van der Waals surface area contributed by atoms with Crippen molar-refractivity contribution in [1.82, 2.24) is 20.1 Å². The minimum Gasteiger partial charge on any atom is -0.388 e. The lowest BCUT2D eigenvalue weighted by Crippen LogP contribution is -2.48. The molecule has 1 fully saturated rings. The fourth-order valence-corrected chi connectivity index (χ4v) is 4.42. The standard InChI is InChI=1S/C24H27N7O/c1-15-14-30(24-20-5-4-10-26-23(20)29(3)28-24)22-11-17(6-9-21(22)31(15)16(2)32)18(12-25)13-27-19-7-8-19/h4-6,9-13,15,19,25,27H,7-8,14H2,1-3H3/b18-13+,25-12?. The van der Waals surface area contributed by atoms with E-state index in [0.717, 1.165) is 39.4 Å². The number of hydrogen-bond acceptors (Lipinski definition) is 6. The van der Waals surface area contributed by atoms with Crippen LogP contribution in [0.5, 0.6) is 0 Å². The summed E-state index contributed by atoms with van der Waals surface area (Å²) < 4.78 is 1.79. The molecule has 164 valence electrons. The van der Waals surface area contributed by atoms with E-state index in [9.17, 15) is 4.79 Å². The monoisotopic (exact) mass is 429 g/mol. The zero-order valence-electron chi connectivity index (χ0n) is 18.5. The number of pyridine rings is 1. The fraction of sp³-hybridized carbons (Fsp3) is 0.333. The van der Waals surface area contributed by atoms with Crippen LogP contribution in [0.3, 0.4) is 0 Å². The molecule has 0 radical (unpaired) electrons. The van der Waals surface area contributed by atoms with Gasteiger partial charge in [-0.25, -0.2) is 9.67 Å². The van der Waals surface area contributed by atoms with Gasteiger partial charge in [0.05, 0.1) is 22.8 Å². The van der Waals surface area contributed by atoms with E-state index in [1.54, 1.807) is 17.8 Å². The first-order valence-corrected chi connectivity index (χ1v) is 10.9. The van der Waals surface area contributed by atoms with Gasteiger partial charge in [-0.3, -0.25) is 4.79 Å². The second-order valence-electron chi connectivity index (χ2n) is 8.56. The number of allylic oxidation sites excluding steroid dienone is 1. The van der Waals surface area contributed by atoms with Crippen molar-refractivity contribution >= 4 is 45.9 Å². The van der Waals surface area contributed by atoms with Crippen LogP contribution in [0.2, 0.25) is 0 Å². The van der Waals surface area contributed by atoms with Crippen LogP contribution in [0, 0.1) is 5.41 Å². The molecule has 0 saturated heterocycles. The summed E-state index contributed by atoms with van der Waals surface area (Å²) in [7, 11) is 1.89. The second kappa shape index (κ2) is 7.78. The summed E-state index contributed by atoms with van der Waals surface area (Å²) in [6.45, 7) is 4.27. The van der Waals surface area contributed by atoms with E-state index in [1.165, 1.54) is 19.1 Å². The lowest BCUT2D eigenvalue weighted by atomic mass is 10.0. The molecule has 0 spiro atoms. The zero-order valence-corrected chi connectivity index (χ0v) is 18.5. The smallest absolute Gasteiger partial charge is 0.224 e. The highest BCUT2D eigenvalue weighted by Gasteiger charge is 2.33. The van der Waals surface area contributed by atoms with Crippen molar-refractivity contribution in [1.29, 1.82) is 5.41 Å². The van der Waals surface area contributed by atoms with E-state index in [4.69, 9.17) is 10.5 Å². The molecule has 0 bridgehead atoms. The lowest BCUT2D eigenvalue weighted by molar-refractivity contribution is -0.117. The fourth-order valence-electron chi connectivity index (χ4n) is 4.42. The van der Waals surface area contributed by atoms with E-state index in [2.05, 4.69) is 28.2 Å². The van der Waals surface area contributed by atoms with Gasteiger partial charge in [0.25, 0.3) is 0 Å². The highest BCUT2D eigenvalue weighted by Crippen LogP contribution is 2.42. The first-order valence-electron chi connectivity index (χ1n) is 10.9. The zero-order chi connectivity index (χ0) is 22.4. The van der Waals surface area contributed by atoms with Crippen molar-refractivity contribution in [3.63, 3.8) is 0 Å². The van der Waals surface area contributed by atoms with E-state index in [1.807, 2.05) is 42.4 Å². The molecule has 5 rings (SSSR count). The van der Waals surface area contributed by atoms with Gasteiger partial charge in [-0.1, -0.05) is 6.07 Å². The normalized spacial score (nSPS) is 18.6. The summed E-state index contributed by atoms with van der Waals surface area (Å²) in [5.74, 6) is 0.831. The minimum absolute atomic E-state index is 0.0110. The van der Waals surface area contributed by atoms with Crippen LogP contribution in [0.1, 0.15) is 32.3 Å². The van der Waals surface area contributed by atoms with Gasteiger partial charge in [-0.2, -0.15) is 5.10 Å². The number of benzene rings is 1. The van der Waals surface area contributed by atoms with E-state index in [0.29, 0.717) is 12.6 Å². The Morgan fingerprint density at radius 1 is 1.25 bits per heavy atom. The highest BCUT2D eigenvalue weighted by atomic mass is 16.2. The number of rotatable bonds is 5. The van der Waals surface area contributed by atoms with E-state index >= 15 is 0 Å². The number of fused-ring (bicyclic) bond motifs is 2. The maximum Gasteiger partial charge on any atom is 0.224 e. The summed E-state index contributed by atoms with van der Waals surface area (Å²) in [5.41, 5.74) is 4.30. The second-order valence-corrected chi connectivity index (χ2v) is 8.56. The summed E-state index contributed by atoms with van der Waals surface area (Å²) >= 11 is 0. The number of aromatic nitrogens is 3. The van der Waals surface area contributed by atoms with Crippen LogP contribution in [-0.2, 0) is 11.8 Å². The average Bonchev–Trinajstić information content (AvgIpc) is 3.55. The minimum atomic E-state index is -0.0196. The molecule has 32 heavy (non-hydrogen) atoms. The van der Waals surface area contributed by atoms with Gasteiger partial charge in [0.15, 0.2) is 11.5 Å². The Morgan fingerprint density at radius 3 is 2.78 bits per heavy atom. The third-order valence-electron chi connectivity index (χ3n) is 6.13. The van der Waals surface area contributed by atoms with Gasteiger partial charge < -0.3 is 20.5 Å². The molecule has 2 N–H and O–H groups in total. The molecule has 1 aliphatic heterocycles. The van der Waals surface area contributed by atoms with E-state index in [-0.39, 0.29) is 11.9 Å². The lowest BCUT2D eigenvalue weighted by Gasteiger charge is -2.41.